The van der Waals surface area contributed by atoms with Gasteiger partial charge in [-0.25, -0.2) is 0 Å². The highest BCUT2D eigenvalue weighted by Gasteiger charge is 2.35. The van der Waals surface area contributed by atoms with Crippen LogP contribution < -0.4 is 5.73 Å². The summed E-state index contributed by atoms with van der Waals surface area (Å²) in [7, 11) is 0. The van der Waals surface area contributed by atoms with Gasteiger partial charge in [0.1, 0.15) is 6.07 Å². The van der Waals surface area contributed by atoms with Crippen molar-refractivity contribution in [3.63, 3.8) is 0 Å². The molecule has 7 heteroatoms. The van der Waals surface area contributed by atoms with Gasteiger partial charge >= 0.3 is 6.18 Å². The molecule has 1 aromatic rings. The lowest BCUT2D eigenvalue weighted by atomic mass is 10.0. The number of halogens is 4. The van der Waals surface area contributed by atoms with Crippen molar-refractivity contribution >= 4 is 28.5 Å². The molecule has 0 fully saturated rings. The molecule has 16 heavy (non-hydrogen) atoms. The molecule has 0 saturated carbocycles. The first-order valence-electron chi connectivity index (χ1n) is 3.88. The van der Waals surface area contributed by atoms with E-state index in [-0.39, 0.29) is 9.13 Å². The fraction of sp³-hybridized carbons (Fsp3) is 0.111. The average Bonchev–Trinajstić information content (AvgIpc) is 2.15. The zero-order chi connectivity index (χ0) is 12.5. The highest BCUT2D eigenvalue weighted by molar-refractivity contribution is 14.1. The smallest absolute Gasteiger partial charge is 0.366 e. The predicted octanol–water partition coefficient (Wildman–Crippen LogP) is 2.28. The Hall–Kier alpha value is -1.30. The number of alkyl halides is 3. The maximum absolute atomic E-state index is 12.5. The first-order valence-corrected chi connectivity index (χ1v) is 4.96. The normalized spacial score (nSPS) is 10.9. The van der Waals surface area contributed by atoms with Crippen LogP contribution >= 0.6 is 22.6 Å². The van der Waals surface area contributed by atoms with Crippen LogP contribution in [0.15, 0.2) is 12.1 Å². The van der Waals surface area contributed by atoms with Crippen molar-refractivity contribution in [1.82, 2.24) is 0 Å². The Kier molecular flexibility index (Phi) is 3.42. The van der Waals surface area contributed by atoms with Gasteiger partial charge in [0.25, 0.3) is 0 Å². The molecule has 0 aliphatic carbocycles. The minimum atomic E-state index is -4.62. The maximum atomic E-state index is 12.5. The second-order valence-corrected chi connectivity index (χ2v) is 3.90. The van der Waals surface area contributed by atoms with Crippen molar-refractivity contribution in [2.24, 2.45) is 5.73 Å². The van der Waals surface area contributed by atoms with Gasteiger partial charge in [-0.2, -0.15) is 18.4 Å². The van der Waals surface area contributed by atoms with E-state index in [2.05, 4.69) is 0 Å². The Labute approximate surface area is 102 Å². The van der Waals surface area contributed by atoms with Crippen molar-refractivity contribution in [1.29, 1.82) is 5.26 Å². The number of rotatable bonds is 1. The fourth-order valence-corrected chi connectivity index (χ4v) is 1.97. The van der Waals surface area contributed by atoms with Gasteiger partial charge < -0.3 is 5.73 Å². The van der Waals surface area contributed by atoms with Crippen LogP contribution in [0.3, 0.4) is 0 Å². The molecule has 3 nitrogen and oxygen atoms in total. The van der Waals surface area contributed by atoms with Crippen molar-refractivity contribution in [3.05, 3.63) is 32.4 Å². The van der Waals surface area contributed by atoms with Crippen LogP contribution in [0.25, 0.3) is 0 Å². The summed E-state index contributed by atoms with van der Waals surface area (Å²) in [5, 5.41) is 8.66. The monoisotopic (exact) mass is 340 g/mol. The number of primary amides is 1. The summed E-state index contributed by atoms with van der Waals surface area (Å²) < 4.78 is 37.4. The molecule has 2 N–H and O–H groups in total. The van der Waals surface area contributed by atoms with Gasteiger partial charge in [-0.05, 0) is 34.7 Å². The zero-order valence-electron chi connectivity index (χ0n) is 7.60. The number of carbonyl (C=O) groups excluding carboxylic acids is 1. The minimum Gasteiger partial charge on any atom is -0.366 e. The molecule has 0 aliphatic heterocycles. The molecule has 0 heterocycles. The number of hydrogen-bond acceptors (Lipinski definition) is 2. The van der Waals surface area contributed by atoms with Crippen LogP contribution in [0, 0.1) is 14.9 Å². The second kappa shape index (κ2) is 4.29. The molecule has 84 valence electrons. The molecule has 1 rings (SSSR count). The number of nitrogens with zero attached hydrogens (tertiary/aromatic N) is 1. The summed E-state index contributed by atoms with van der Waals surface area (Å²) in [6.07, 6.45) is -4.62. The van der Waals surface area contributed by atoms with E-state index in [0.717, 1.165) is 6.07 Å². The summed E-state index contributed by atoms with van der Waals surface area (Å²) in [5.41, 5.74) is 3.23. The standard InChI is InChI=1S/C9H4F3IN2O/c10-9(11,12)6-2-1-4(8(15)16)7(13)5(6)3-14/h1-2H,(H2,15,16). The number of nitrogens with two attached hydrogens (primary N) is 1. The van der Waals surface area contributed by atoms with Crippen LogP contribution in [-0.2, 0) is 6.18 Å². The molecular weight excluding hydrogens is 336 g/mol. The number of carbonyl (C=O) groups is 1. The molecule has 0 atom stereocenters. The van der Waals surface area contributed by atoms with Crippen molar-refractivity contribution < 1.29 is 18.0 Å². The van der Waals surface area contributed by atoms with E-state index in [4.69, 9.17) is 11.0 Å². The zero-order valence-corrected chi connectivity index (χ0v) is 9.76. The van der Waals surface area contributed by atoms with Gasteiger partial charge in [0, 0.05) is 3.57 Å². The third-order valence-corrected chi connectivity index (χ3v) is 2.95. The lowest BCUT2D eigenvalue weighted by Crippen LogP contribution is -2.16. The Morgan fingerprint density at radius 2 is 2.00 bits per heavy atom. The summed E-state index contributed by atoms with van der Waals surface area (Å²) in [5.74, 6) is -0.866. The fourth-order valence-electron chi connectivity index (χ4n) is 1.11. The topological polar surface area (TPSA) is 66.9 Å². The number of benzene rings is 1. The van der Waals surface area contributed by atoms with Crippen LogP contribution in [0.2, 0.25) is 0 Å². The maximum Gasteiger partial charge on any atom is 0.417 e. The Bertz CT molecular complexity index is 491. The summed E-state index contributed by atoms with van der Waals surface area (Å²) in [6.45, 7) is 0. The first kappa shape index (κ1) is 12.8. The number of hydrogen-bond donors (Lipinski definition) is 1. The molecule has 0 aromatic heterocycles. The largest absolute Gasteiger partial charge is 0.417 e. The van der Waals surface area contributed by atoms with Gasteiger partial charge in [0.2, 0.25) is 5.91 Å². The van der Waals surface area contributed by atoms with Crippen molar-refractivity contribution in [2.75, 3.05) is 0 Å². The highest BCUT2D eigenvalue weighted by Crippen LogP contribution is 2.34. The molecule has 0 bridgehead atoms. The van der Waals surface area contributed by atoms with Crippen molar-refractivity contribution in [2.45, 2.75) is 6.18 Å². The van der Waals surface area contributed by atoms with Gasteiger partial charge in [-0.3, -0.25) is 4.79 Å². The molecule has 0 aliphatic rings. The molecule has 0 saturated heterocycles. The number of nitriles is 1. The predicted molar refractivity (Wildman–Crippen MR) is 57.4 cm³/mol. The minimum absolute atomic E-state index is 0.0811. The van der Waals surface area contributed by atoms with Crippen LogP contribution in [0.1, 0.15) is 21.5 Å². The average molecular weight is 340 g/mol. The molecule has 0 unspecified atom stereocenters. The van der Waals surface area contributed by atoms with Crippen LogP contribution in [0.4, 0.5) is 13.2 Å². The quantitative estimate of drug-likeness (QED) is 0.797. The molecule has 1 amide bonds. The molecule has 0 spiro atoms. The Morgan fingerprint density at radius 3 is 2.38 bits per heavy atom. The lowest BCUT2D eigenvalue weighted by molar-refractivity contribution is -0.137. The molecule has 0 radical (unpaired) electrons. The van der Waals surface area contributed by atoms with E-state index in [9.17, 15) is 18.0 Å². The Balaban J connectivity index is 3.56. The van der Waals surface area contributed by atoms with E-state index in [1.807, 2.05) is 0 Å². The van der Waals surface area contributed by atoms with E-state index >= 15 is 0 Å². The van der Waals surface area contributed by atoms with Gasteiger partial charge in [-0.15, -0.1) is 0 Å². The lowest BCUT2D eigenvalue weighted by Gasteiger charge is -2.11. The highest BCUT2D eigenvalue weighted by atomic mass is 127. The molecule has 1 aromatic carbocycles. The van der Waals surface area contributed by atoms with Crippen LogP contribution in [0.5, 0.6) is 0 Å². The third kappa shape index (κ3) is 2.27. The van der Waals surface area contributed by atoms with Crippen molar-refractivity contribution in [3.8, 4) is 6.07 Å². The van der Waals surface area contributed by atoms with E-state index < -0.39 is 23.2 Å². The third-order valence-electron chi connectivity index (χ3n) is 1.82. The van der Waals surface area contributed by atoms with Gasteiger partial charge in [-0.1, -0.05) is 0 Å². The van der Waals surface area contributed by atoms with Crippen LogP contribution in [-0.4, -0.2) is 5.91 Å². The van der Waals surface area contributed by atoms with E-state index in [1.165, 1.54) is 28.7 Å². The van der Waals surface area contributed by atoms with E-state index in [0.29, 0.717) is 6.07 Å². The Morgan fingerprint density at radius 1 is 1.44 bits per heavy atom. The summed E-state index contributed by atoms with van der Waals surface area (Å²) in [6, 6.07) is 3.08. The van der Waals surface area contributed by atoms with Gasteiger partial charge in [0.15, 0.2) is 0 Å². The number of amides is 1. The summed E-state index contributed by atoms with van der Waals surface area (Å²) >= 11 is 1.50. The first-order chi connectivity index (χ1) is 7.29. The SMILES string of the molecule is N#Cc1c(C(F)(F)F)ccc(C(N)=O)c1I. The van der Waals surface area contributed by atoms with Gasteiger partial charge in [0.05, 0.1) is 16.7 Å². The molecular formula is C9H4F3IN2O. The second-order valence-electron chi connectivity index (χ2n) is 2.82. The van der Waals surface area contributed by atoms with E-state index in [1.54, 1.807) is 0 Å². The summed E-state index contributed by atoms with van der Waals surface area (Å²) in [4.78, 5) is 10.9.